The van der Waals surface area contributed by atoms with Gasteiger partial charge in [-0.3, -0.25) is 0 Å². The van der Waals surface area contributed by atoms with Gasteiger partial charge in [0.1, 0.15) is 0 Å². The van der Waals surface area contributed by atoms with E-state index in [0.717, 1.165) is 11.9 Å². The molecule has 0 aliphatic rings. The van der Waals surface area contributed by atoms with Crippen LogP contribution in [0.1, 0.15) is 11.8 Å². The molecule has 1 nitrogen and oxygen atoms in total. The Morgan fingerprint density at radius 2 is 2.33 bits per heavy atom. The summed E-state index contributed by atoms with van der Waals surface area (Å²) in [6.45, 7) is 3.13. The van der Waals surface area contributed by atoms with Crippen molar-refractivity contribution in [3.05, 3.63) is 20.8 Å². The van der Waals surface area contributed by atoms with Gasteiger partial charge < -0.3 is 5.32 Å². The third kappa shape index (κ3) is 3.56. The average Bonchev–Trinajstić information content (AvgIpc) is 2.47. The molecule has 0 aliphatic heterocycles. The Morgan fingerprint density at radius 3 is 2.83 bits per heavy atom. The number of hydrogen-bond donors (Lipinski definition) is 1. The lowest BCUT2D eigenvalue weighted by Crippen LogP contribution is -2.26. The molecule has 0 aliphatic carbocycles. The van der Waals surface area contributed by atoms with Gasteiger partial charge in [0.15, 0.2) is 0 Å². The fraction of sp³-hybridized carbons (Fsp3) is 0.500. The molecule has 0 saturated heterocycles. The third-order valence-corrected chi connectivity index (χ3v) is 4.08. The number of rotatable bonds is 4. The van der Waals surface area contributed by atoms with E-state index in [1.54, 1.807) is 11.3 Å². The molecule has 1 aromatic rings. The molecule has 1 N–H and O–H groups in total. The summed E-state index contributed by atoms with van der Waals surface area (Å²) in [7, 11) is 0. The molecule has 4 heteroatoms. The summed E-state index contributed by atoms with van der Waals surface area (Å²) in [6, 6.07) is 4.76. The van der Waals surface area contributed by atoms with Crippen molar-refractivity contribution >= 4 is 43.2 Å². The lowest BCUT2D eigenvalue weighted by atomic mass is 10.4. The van der Waals surface area contributed by atoms with E-state index < -0.39 is 0 Å². The maximum absolute atomic E-state index is 3.44. The summed E-state index contributed by atoms with van der Waals surface area (Å²) in [4.78, 5) is 1.37. The Labute approximate surface area is 93.8 Å². The molecule has 1 heterocycles. The van der Waals surface area contributed by atoms with Crippen LogP contribution in [-0.2, 0) is 6.54 Å². The van der Waals surface area contributed by atoms with E-state index in [-0.39, 0.29) is 0 Å². The monoisotopic (exact) mass is 311 g/mol. The second kappa shape index (κ2) is 5.37. The molecule has 0 bridgehead atoms. The number of alkyl halides is 1. The molecule has 68 valence electrons. The number of hydrogen-bond acceptors (Lipinski definition) is 2. The molecule has 1 rings (SSSR count). The van der Waals surface area contributed by atoms with Crippen molar-refractivity contribution in [2.24, 2.45) is 0 Å². The smallest absolute Gasteiger partial charge is 0.0701 e. The summed E-state index contributed by atoms with van der Waals surface area (Å²) in [5.41, 5.74) is 0. The minimum absolute atomic E-state index is 0.533. The van der Waals surface area contributed by atoms with Crippen molar-refractivity contribution in [1.82, 2.24) is 5.32 Å². The molecular formula is C8H11Br2NS. The summed E-state index contributed by atoms with van der Waals surface area (Å²) in [6.07, 6.45) is 0. The molecule has 0 radical (unpaired) electrons. The van der Waals surface area contributed by atoms with Crippen LogP contribution in [0.3, 0.4) is 0 Å². The predicted octanol–water partition coefficient (Wildman–Crippen LogP) is 3.38. The van der Waals surface area contributed by atoms with Crippen molar-refractivity contribution in [3.63, 3.8) is 0 Å². The topological polar surface area (TPSA) is 12.0 Å². The molecule has 12 heavy (non-hydrogen) atoms. The Hall–Kier alpha value is 0.620. The highest BCUT2D eigenvalue weighted by Crippen LogP contribution is 2.21. The lowest BCUT2D eigenvalue weighted by Gasteiger charge is -2.08. The van der Waals surface area contributed by atoms with Crippen LogP contribution in [-0.4, -0.2) is 11.4 Å². The molecule has 0 aromatic carbocycles. The van der Waals surface area contributed by atoms with Crippen LogP contribution in [0, 0.1) is 0 Å². The second-order valence-electron chi connectivity index (χ2n) is 2.64. The Balaban J connectivity index is 2.33. The van der Waals surface area contributed by atoms with Gasteiger partial charge in [0.05, 0.1) is 3.79 Å². The van der Waals surface area contributed by atoms with Crippen LogP contribution >= 0.6 is 43.2 Å². The van der Waals surface area contributed by atoms with Gasteiger partial charge >= 0.3 is 0 Å². The van der Waals surface area contributed by atoms with Gasteiger partial charge in [0, 0.05) is 22.8 Å². The van der Waals surface area contributed by atoms with Crippen molar-refractivity contribution in [2.45, 2.75) is 19.5 Å². The quantitative estimate of drug-likeness (QED) is 0.840. The molecule has 1 unspecified atom stereocenters. The van der Waals surface area contributed by atoms with E-state index in [1.807, 2.05) is 0 Å². The minimum Gasteiger partial charge on any atom is -0.309 e. The molecule has 0 spiro atoms. The van der Waals surface area contributed by atoms with E-state index >= 15 is 0 Å². The van der Waals surface area contributed by atoms with Gasteiger partial charge in [-0.2, -0.15) is 0 Å². The Morgan fingerprint density at radius 1 is 1.58 bits per heavy atom. The van der Waals surface area contributed by atoms with Gasteiger partial charge in [0.25, 0.3) is 0 Å². The first-order valence-electron chi connectivity index (χ1n) is 3.76. The molecule has 1 aromatic heterocycles. The molecular weight excluding hydrogens is 302 g/mol. The van der Waals surface area contributed by atoms with Crippen molar-refractivity contribution in [3.8, 4) is 0 Å². The molecule has 0 saturated carbocycles. The zero-order valence-electron chi connectivity index (χ0n) is 6.81. The second-order valence-corrected chi connectivity index (χ2v) is 5.84. The van der Waals surface area contributed by atoms with E-state index in [1.165, 1.54) is 8.66 Å². The van der Waals surface area contributed by atoms with E-state index in [9.17, 15) is 0 Å². The Bertz CT molecular complexity index is 237. The molecule has 1 atom stereocenters. The van der Waals surface area contributed by atoms with Crippen LogP contribution in [0.5, 0.6) is 0 Å². The fourth-order valence-electron chi connectivity index (χ4n) is 0.776. The van der Waals surface area contributed by atoms with Gasteiger partial charge in [-0.1, -0.05) is 15.9 Å². The third-order valence-electron chi connectivity index (χ3n) is 1.49. The van der Waals surface area contributed by atoms with Crippen LogP contribution in [0.2, 0.25) is 0 Å². The summed E-state index contributed by atoms with van der Waals surface area (Å²) in [5.74, 6) is 0. The zero-order chi connectivity index (χ0) is 8.97. The van der Waals surface area contributed by atoms with Gasteiger partial charge in [-0.05, 0) is 35.0 Å². The van der Waals surface area contributed by atoms with Crippen molar-refractivity contribution in [2.75, 3.05) is 5.33 Å². The van der Waals surface area contributed by atoms with E-state index in [0.29, 0.717) is 6.04 Å². The lowest BCUT2D eigenvalue weighted by molar-refractivity contribution is 0.603. The number of thiophene rings is 1. The SMILES string of the molecule is CC(CBr)NCc1ccc(Br)s1. The number of halogens is 2. The molecule has 0 fully saturated rings. The van der Waals surface area contributed by atoms with Crippen LogP contribution in [0.25, 0.3) is 0 Å². The maximum atomic E-state index is 3.44. The average molecular weight is 313 g/mol. The van der Waals surface area contributed by atoms with Gasteiger partial charge in [-0.15, -0.1) is 11.3 Å². The van der Waals surface area contributed by atoms with E-state index in [4.69, 9.17) is 0 Å². The van der Waals surface area contributed by atoms with Gasteiger partial charge in [-0.25, -0.2) is 0 Å². The highest BCUT2D eigenvalue weighted by atomic mass is 79.9. The fourth-order valence-corrected chi connectivity index (χ4v) is 2.44. The predicted molar refractivity (Wildman–Crippen MR) is 62.1 cm³/mol. The zero-order valence-corrected chi connectivity index (χ0v) is 10.8. The Kier molecular flexibility index (Phi) is 4.79. The van der Waals surface area contributed by atoms with Crippen LogP contribution in [0.15, 0.2) is 15.9 Å². The highest BCUT2D eigenvalue weighted by Gasteiger charge is 2.00. The van der Waals surface area contributed by atoms with Crippen molar-refractivity contribution < 1.29 is 0 Å². The van der Waals surface area contributed by atoms with Gasteiger partial charge in [0.2, 0.25) is 0 Å². The summed E-state index contributed by atoms with van der Waals surface area (Å²) in [5, 5.41) is 4.40. The minimum atomic E-state index is 0.533. The first kappa shape index (κ1) is 10.7. The van der Waals surface area contributed by atoms with Crippen molar-refractivity contribution in [1.29, 1.82) is 0 Å². The summed E-state index contributed by atoms with van der Waals surface area (Å²) >= 11 is 8.64. The van der Waals surface area contributed by atoms with E-state index in [2.05, 4.69) is 56.2 Å². The maximum Gasteiger partial charge on any atom is 0.0701 e. The number of nitrogens with one attached hydrogen (secondary N) is 1. The highest BCUT2D eigenvalue weighted by molar-refractivity contribution is 9.11. The first-order chi connectivity index (χ1) is 5.72. The standard InChI is InChI=1S/C8H11Br2NS/c1-6(4-9)11-5-7-2-3-8(10)12-7/h2-3,6,11H,4-5H2,1H3. The summed E-state index contributed by atoms with van der Waals surface area (Å²) < 4.78 is 1.20. The van der Waals surface area contributed by atoms with Crippen LogP contribution < -0.4 is 5.32 Å². The normalized spacial score (nSPS) is 13.2. The first-order valence-corrected chi connectivity index (χ1v) is 6.49. The van der Waals surface area contributed by atoms with Crippen LogP contribution in [0.4, 0.5) is 0 Å². The largest absolute Gasteiger partial charge is 0.309 e. The molecule has 0 amide bonds.